The minimum Gasteiger partial charge on any atom is -0.271 e. The second-order valence-corrected chi connectivity index (χ2v) is 25.3. The van der Waals surface area contributed by atoms with Gasteiger partial charge in [0.15, 0.2) is 0 Å². The maximum absolute atomic E-state index is 14.9. The highest BCUT2D eigenvalue weighted by Crippen LogP contribution is 2.50. The second kappa shape index (κ2) is 32.8. The standard InChI is InChI=1S/C61H95NO2S4/c1-7-11-15-19-23-25-27-29-31-35-39-49-45-54(65-47(49)5)52-43-44-53(67-52)55-46-50(40-36-32-30-28-26-24-20-16-12-8-2)58(68-55)59-57-56(48(6)66-59)60(63)62(61(57)64)51(41-37-33-21-17-13-9-3)42-38-34-22-18-14-10-4/h43-46,51H,7-42H2,1-6H3. The van der Waals surface area contributed by atoms with Crippen LogP contribution in [0.1, 0.15) is 288 Å². The molecule has 0 bridgehead atoms. The smallest absolute Gasteiger partial charge is 0.263 e. The molecule has 0 aliphatic carbocycles. The predicted molar refractivity (Wildman–Crippen MR) is 305 cm³/mol. The number of hydrogen-bond donors (Lipinski definition) is 0. The summed E-state index contributed by atoms with van der Waals surface area (Å²) in [6, 6.07) is 9.62. The van der Waals surface area contributed by atoms with Gasteiger partial charge in [0.05, 0.1) is 16.0 Å². The van der Waals surface area contributed by atoms with Gasteiger partial charge in [-0.3, -0.25) is 14.5 Å². The highest BCUT2D eigenvalue weighted by Gasteiger charge is 2.44. The second-order valence-electron chi connectivity index (χ2n) is 20.7. The molecule has 5 heterocycles. The fourth-order valence-electron chi connectivity index (χ4n) is 10.6. The van der Waals surface area contributed by atoms with Crippen molar-refractivity contribution in [1.82, 2.24) is 4.90 Å². The molecule has 0 fully saturated rings. The fourth-order valence-corrected chi connectivity index (χ4v) is 15.3. The Morgan fingerprint density at radius 3 is 1.24 bits per heavy atom. The van der Waals surface area contributed by atoms with E-state index in [1.54, 1.807) is 16.2 Å². The third kappa shape index (κ3) is 17.9. The number of thiophene rings is 4. The first kappa shape index (κ1) is 56.8. The fraction of sp³-hybridized carbons (Fsp3) is 0.705. The zero-order valence-electron chi connectivity index (χ0n) is 44.2. The first-order chi connectivity index (χ1) is 33.3. The molecule has 0 unspecified atom stereocenters. The lowest BCUT2D eigenvalue weighted by atomic mass is 9.98. The van der Waals surface area contributed by atoms with Crippen LogP contribution in [0.25, 0.3) is 29.3 Å². The van der Waals surface area contributed by atoms with Crippen molar-refractivity contribution >= 4 is 57.2 Å². The Morgan fingerprint density at radius 2 is 0.765 bits per heavy atom. The predicted octanol–water partition coefficient (Wildman–Crippen LogP) is 21.9. The Labute approximate surface area is 433 Å². The molecule has 0 N–H and O–H groups in total. The van der Waals surface area contributed by atoms with Crippen molar-refractivity contribution in [2.45, 2.75) is 279 Å². The van der Waals surface area contributed by atoms with Crippen LogP contribution in [-0.2, 0) is 12.8 Å². The zero-order valence-corrected chi connectivity index (χ0v) is 47.5. The molecule has 0 spiro atoms. The molecule has 4 aromatic heterocycles. The van der Waals surface area contributed by atoms with Crippen LogP contribution in [0.5, 0.6) is 0 Å². The molecular weight excluding hydrogens is 907 g/mol. The van der Waals surface area contributed by atoms with E-state index in [9.17, 15) is 9.59 Å². The van der Waals surface area contributed by atoms with Crippen LogP contribution >= 0.6 is 45.3 Å². The largest absolute Gasteiger partial charge is 0.271 e. The SMILES string of the molecule is CCCCCCCCCCCCc1cc(-c2ccc(-c3cc(CCCCCCCCCCCC)c(-c4sc(C)c5c4C(=O)N(C(CCCCCCCC)CCCCCCCC)C5=O)s3)s2)sc1C. The van der Waals surface area contributed by atoms with Crippen molar-refractivity contribution in [3.8, 4) is 29.3 Å². The number of rotatable bonds is 40. The van der Waals surface area contributed by atoms with E-state index in [1.165, 1.54) is 233 Å². The molecule has 0 atom stereocenters. The average molecular weight is 1000 g/mol. The normalized spacial score (nSPS) is 12.8. The third-order valence-electron chi connectivity index (χ3n) is 14.8. The van der Waals surface area contributed by atoms with Crippen LogP contribution in [-0.4, -0.2) is 22.8 Å². The first-order valence-electron chi connectivity index (χ1n) is 28.7. The third-order valence-corrected chi connectivity index (χ3v) is 19.8. The lowest BCUT2D eigenvalue weighted by Crippen LogP contribution is -2.40. The van der Waals surface area contributed by atoms with Crippen LogP contribution in [0, 0.1) is 13.8 Å². The van der Waals surface area contributed by atoms with Gasteiger partial charge in [-0.25, -0.2) is 0 Å². The molecule has 0 saturated heterocycles. The molecule has 1 aliphatic heterocycles. The number of aryl methyl sites for hydroxylation is 4. The summed E-state index contributed by atoms with van der Waals surface area (Å²) in [5.41, 5.74) is 4.31. The van der Waals surface area contributed by atoms with E-state index in [0.29, 0.717) is 11.1 Å². The number of amides is 2. The summed E-state index contributed by atoms with van der Waals surface area (Å²) in [4.78, 5) is 41.4. The Bertz CT molecular complexity index is 1990. The molecule has 7 heteroatoms. The highest BCUT2D eigenvalue weighted by molar-refractivity contribution is 7.28. The maximum Gasteiger partial charge on any atom is 0.263 e. The Hall–Kier alpha value is -2.06. The van der Waals surface area contributed by atoms with Gasteiger partial charge in [0, 0.05) is 40.2 Å². The van der Waals surface area contributed by atoms with Crippen molar-refractivity contribution in [3.63, 3.8) is 0 Å². The summed E-state index contributed by atoms with van der Waals surface area (Å²) in [6.45, 7) is 13.5. The van der Waals surface area contributed by atoms with Crippen molar-refractivity contribution in [2.24, 2.45) is 0 Å². The van der Waals surface area contributed by atoms with Gasteiger partial charge in [-0.1, -0.05) is 220 Å². The molecule has 4 aromatic rings. The number of carbonyl (C=O) groups is 2. The summed E-state index contributed by atoms with van der Waals surface area (Å²) in [5, 5.41) is 0. The first-order valence-corrected chi connectivity index (χ1v) is 31.9. The van der Waals surface area contributed by atoms with Gasteiger partial charge in [0.2, 0.25) is 0 Å². The number of unbranched alkanes of at least 4 members (excludes halogenated alkanes) is 28. The number of hydrogen-bond acceptors (Lipinski definition) is 6. The van der Waals surface area contributed by atoms with Crippen LogP contribution in [0.4, 0.5) is 0 Å². The Balaban J connectivity index is 1.32. The summed E-state index contributed by atoms with van der Waals surface area (Å²) >= 11 is 7.46. The van der Waals surface area contributed by atoms with Gasteiger partial charge >= 0.3 is 0 Å². The molecule has 0 saturated carbocycles. The van der Waals surface area contributed by atoms with E-state index in [4.69, 9.17) is 0 Å². The molecule has 3 nitrogen and oxygen atoms in total. The molecule has 1 aliphatic rings. The van der Waals surface area contributed by atoms with Crippen LogP contribution in [0.3, 0.4) is 0 Å². The van der Waals surface area contributed by atoms with E-state index < -0.39 is 0 Å². The zero-order chi connectivity index (χ0) is 48.4. The highest BCUT2D eigenvalue weighted by atomic mass is 32.1. The monoisotopic (exact) mass is 1000 g/mol. The summed E-state index contributed by atoms with van der Waals surface area (Å²) in [5.74, 6) is -0.0482. The summed E-state index contributed by atoms with van der Waals surface area (Å²) in [7, 11) is 0. The van der Waals surface area contributed by atoms with Crippen molar-refractivity contribution in [1.29, 1.82) is 0 Å². The van der Waals surface area contributed by atoms with Crippen molar-refractivity contribution < 1.29 is 9.59 Å². The van der Waals surface area contributed by atoms with Gasteiger partial charge in [-0.15, -0.1) is 45.3 Å². The number of nitrogens with zero attached hydrogens (tertiary/aromatic N) is 1. The Kier molecular flexibility index (Phi) is 27.4. The van der Waals surface area contributed by atoms with Crippen LogP contribution < -0.4 is 0 Å². The number of carbonyl (C=O) groups excluding carboxylic acids is 2. The van der Waals surface area contributed by atoms with E-state index in [1.807, 2.05) is 34.0 Å². The maximum atomic E-state index is 14.9. The molecule has 0 radical (unpaired) electrons. The lowest BCUT2D eigenvalue weighted by molar-refractivity contribution is 0.0563. The molecular formula is C61H95NO2S4. The summed E-state index contributed by atoms with van der Waals surface area (Å²) in [6.07, 6.45) is 45.7. The average Bonchev–Trinajstić information content (AvgIpc) is 4.17. The molecule has 2 amide bonds. The van der Waals surface area contributed by atoms with Gasteiger partial charge < -0.3 is 0 Å². The number of imide groups is 1. The molecule has 380 valence electrons. The Morgan fingerprint density at radius 1 is 0.382 bits per heavy atom. The van der Waals surface area contributed by atoms with Crippen LogP contribution in [0.2, 0.25) is 0 Å². The topological polar surface area (TPSA) is 37.4 Å². The van der Waals surface area contributed by atoms with Crippen LogP contribution in [0.15, 0.2) is 24.3 Å². The van der Waals surface area contributed by atoms with E-state index in [0.717, 1.165) is 48.3 Å². The molecule has 68 heavy (non-hydrogen) atoms. The van der Waals surface area contributed by atoms with E-state index in [2.05, 4.69) is 65.8 Å². The van der Waals surface area contributed by atoms with Gasteiger partial charge in [0.1, 0.15) is 0 Å². The lowest BCUT2D eigenvalue weighted by Gasteiger charge is -2.27. The summed E-state index contributed by atoms with van der Waals surface area (Å²) < 4.78 is 0. The van der Waals surface area contributed by atoms with E-state index >= 15 is 0 Å². The minimum atomic E-state index is -0.0262. The van der Waals surface area contributed by atoms with Crippen molar-refractivity contribution in [3.05, 3.63) is 56.3 Å². The molecule has 5 rings (SSSR count). The van der Waals surface area contributed by atoms with Gasteiger partial charge in [0.25, 0.3) is 11.8 Å². The minimum absolute atomic E-state index is 0.0112. The quantitative estimate of drug-likeness (QED) is 0.0329. The van der Waals surface area contributed by atoms with Gasteiger partial charge in [-0.2, -0.15) is 0 Å². The van der Waals surface area contributed by atoms with E-state index in [-0.39, 0.29) is 17.9 Å². The number of fused-ring (bicyclic) bond motifs is 1. The van der Waals surface area contributed by atoms with Crippen molar-refractivity contribution in [2.75, 3.05) is 0 Å². The molecule has 0 aromatic carbocycles. The van der Waals surface area contributed by atoms with Gasteiger partial charge in [-0.05, 0) is 87.8 Å².